The Bertz CT molecular complexity index is 549. The zero-order valence-corrected chi connectivity index (χ0v) is 10.8. The Morgan fingerprint density at radius 3 is 2.53 bits per heavy atom. The number of rotatable bonds is 4. The third kappa shape index (κ3) is 3.59. The normalized spacial score (nSPS) is 10.2. The van der Waals surface area contributed by atoms with Crippen molar-refractivity contribution in [3.63, 3.8) is 0 Å². The van der Waals surface area contributed by atoms with Crippen LogP contribution in [-0.4, -0.2) is 15.9 Å². The van der Waals surface area contributed by atoms with E-state index in [-0.39, 0.29) is 5.91 Å². The van der Waals surface area contributed by atoms with Crippen molar-refractivity contribution in [2.45, 2.75) is 20.0 Å². The lowest BCUT2D eigenvalue weighted by atomic mass is 10.1. The summed E-state index contributed by atoms with van der Waals surface area (Å²) in [6, 6.07) is 7.22. The van der Waals surface area contributed by atoms with Crippen molar-refractivity contribution < 1.29 is 4.79 Å². The molecule has 2 rings (SSSR count). The summed E-state index contributed by atoms with van der Waals surface area (Å²) in [5, 5.41) is 2.80. The summed E-state index contributed by atoms with van der Waals surface area (Å²) in [4.78, 5) is 20.2. The maximum Gasteiger partial charge on any atom is 0.251 e. The van der Waals surface area contributed by atoms with E-state index in [9.17, 15) is 4.79 Å². The van der Waals surface area contributed by atoms with Gasteiger partial charge in [0.1, 0.15) is 0 Å². The van der Waals surface area contributed by atoms with E-state index in [1.165, 1.54) is 0 Å². The predicted octanol–water partition coefficient (Wildman–Crippen LogP) is 1.17. The molecular weight excluding hydrogens is 240 g/mol. The molecule has 1 amide bonds. The van der Waals surface area contributed by atoms with Gasteiger partial charge in [-0.25, -0.2) is 0 Å². The molecule has 0 saturated carbocycles. The van der Waals surface area contributed by atoms with Crippen LogP contribution in [0.5, 0.6) is 0 Å². The van der Waals surface area contributed by atoms with Crippen LogP contribution in [0.15, 0.2) is 36.7 Å². The number of hydrogen-bond acceptors (Lipinski definition) is 4. The van der Waals surface area contributed by atoms with Gasteiger partial charge in [0.05, 0.1) is 24.1 Å². The second kappa shape index (κ2) is 6.06. The minimum absolute atomic E-state index is 0.133. The van der Waals surface area contributed by atoms with Crippen LogP contribution < -0.4 is 11.1 Å². The van der Waals surface area contributed by atoms with Crippen LogP contribution >= 0.6 is 0 Å². The topological polar surface area (TPSA) is 80.9 Å². The predicted molar refractivity (Wildman–Crippen MR) is 72.3 cm³/mol. The Kier molecular flexibility index (Phi) is 4.20. The van der Waals surface area contributed by atoms with Gasteiger partial charge in [-0.05, 0) is 24.6 Å². The van der Waals surface area contributed by atoms with Crippen molar-refractivity contribution in [3.8, 4) is 0 Å². The Morgan fingerprint density at radius 2 is 1.95 bits per heavy atom. The smallest absolute Gasteiger partial charge is 0.251 e. The fourth-order valence-electron chi connectivity index (χ4n) is 1.58. The molecule has 5 nitrogen and oxygen atoms in total. The van der Waals surface area contributed by atoms with E-state index in [1.54, 1.807) is 24.5 Å². The van der Waals surface area contributed by atoms with Crippen LogP contribution in [0.3, 0.4) is 0 Å². The zero-order valence-electron chi connectivity index (χ0n) is 10.8. The Morgan fingerprint density at radius 1 is 1.21 bits per heavy atom. The number of aryl methyl sites for hydroxylation is 1. The second-order valence-corrected chi connectivity index (χ2v) is 4.23. The highest BCUT2D eigenvalue weighted by Gasteiger charge is 2.05. The molecule has 1 heterocycles. The molecule has 0 aliphatic rings. The zero-order chi connectivity index (χ0) is 13.7. The quantitative estimate of drug-likeness (QED) is 0.860. The van der Waals surface area contributed by atoms with Crippen LogP contribution in [0.25, 0.3) is 0 Å². The highest BCUT2D eigenvalue weighted by Crippen LogP contribution is 2.04. The van der Waals surface area contributed by atoms with Crippen molar-refractivity contribution in [1.29, 1.82) is 0 Å². The Labute approximate surface area is 111 Å². The van der Waals surface area contributed by atoms with E-state index in [2.05, 4.69) is 15.3 Å². The first kappa shape index (κ1) is 13.2. The standard InChI is InChI=1S/C14H16N4O/c1-10-7-17-13(8-16-10)9-18-14(19)12-4-2-11(6-15)3-5-12/h2-5,7-8H,6,9,15H2,1H3,(H,18,19). The summed E-state index contributed by atoms with van der Waals surface area (Å²) >= 11 is 0. The lowest BCUT2D eigenvalue weighted by Gasteiger charge is -2.05. The van der Waals surface area contributed by atoms with Crippen LogP contribution in [0.1, 0.15) is 27.3 Å². The molecule has 1 aromatic carbocycles. The molecule has 5 heteroatoms. The van der Waals surface area contributed by atoms with E-state index in [0.717, 1.165) is 17.0 Å². The van der Waals surface area contributed by atoms with Crippen molar-refractivity contribution in [1.82, 2.24) is 15.3 Å². The average Bonchev–Trinajstić information content (AvgIpc) is 2.46. The lowest BCUT2D eigenvalue weighted by Crippen LogP contribution is -2.23. The largest absolute Gasteiger partial charge is 0.346 e. The van der Waals surface area contributed by atoms with Gasteiger partial charge in [0.25, 0.3) is 5.91 Å². The van der Waals surface area contributed by atoms with Gasteiger partial charge in [0.15, 0.2) is 0 Å². The third-order valence-electron chi connectivity index (χ3n) is 2.72. The molecule has 0 fully saturated rings. The summed E-state index contributed by atoms with van der Waals surface area (Å²) < 4.78 is 0. The molecule has 0 spiro atoms. The van der Waals surface area contributed by atoms with Gasteiger partial charge in [0.2, 0.25) is 0 Å². The number of amides is 1. The molecule has 0 atom stereocenters. The molecule has 19 heavy (non-hydrogen) atoms. The summed E-state index contributed by atoms with van der Waals surface area (Å²) in [7, 11) is 0. The molecule has 1 aromatic heterocycles. The van der Waals surface area contributed by atoms with E-state index in [0.29, 0.717) is 18.7 Å². The molecule has 0 aliphatic carbocycles. The molecule has 2 aromatic rings. The number of aromatic nitrogens is 2. The molecule has 98 valence electrons. The first-order valence-electron chi connectivity index (χ1n) is 6.04. The number of benzene rings is 1. The van der Waals surface area contributed by atoms with E-state index < -0.39 is 0 Å². The summed E-state index contributed by atoms with van der Waals surface area (Å²) in [6.07, 6.45) is 3.34. The number of hydrogen-bond donors (Lipinski definition) is 2. The monoisotopic (exact) mass is 256 g/mol. The van der Waals surface area contributed by atoms with Crippen LogP contribution in [0, 0.1) is 6.92 Å². The summed E-state index contributed by atoms with van der Waals surface area (Å²) in [6.45, 7) is 2.71. The number of nitrogens with zero attached hydrogens (tertiary/aromatic N) is 2. The minimum Gasteiger partial charge on any atom is -0.346 e. The van der Waals surface area contributed by atoms with E-state index in [1.807, 2.05) is 19.1 Å². The maximum absolute atomic E-state index is 11.9. The Hall–Kier alpha value is -2.27. The highest BCUT2D eigenvalue weighted by molar-refractivity contribution is 5.94. The third-order valence-corrected chi connectivity index (χ3v) is 2.72. The van der Waals surface area contributed by atoms with Crippen LogP contribution in [-0.2, 0) is 13.1 Å². The SMILES string of the molecule is Cc1cnc(CNC(=O)c2ccc(CN)cc2)cn1. The molecule has 0 aliphatic heterocycles. The fraction of sp³-hybridized carbons (Fsp3) is 0.214. The van der Waals surface area contributed by atoms with Gasteiger partial charge in [-0.3, -0.25) is 14.8 Å². The molecule has 0 bridgehead atoms. The number of nitrogens with two attached hydrogens (primary N) is 1. The van der Waals surface area contributed by atoms with Crippen molar-refractivity contribution in [2.75, 3.05) is 0 Å². The van der Waals surface area contributed by atoms with Gasteiger partial charge < -0.3 is 11.1 Å². The number of carbonyl (C=O) groups is 1. The summed E-state index contributed by atoms with van der Waals surface area (Å²) in [5.41, 5.74) is 8.70. The molecule has 0 radical (unpaired) electrons. The molecular formula is C14H16N4O. The van der Waals surface area contributed by atoms with Crippen molar-refractivity contribution in [3.05, 3.63) is 59.2 Å². The average molecular weight is 256 g/mol. The first-order valence-corrected chi connectivity index (χ1v) is 6.04. The number of carbonyl (C=O) groups excluding carboxylic acids is 1. The maximum atomic E-state index is 11.9. The highest BCUT2D eigenvalue weighted by atomic mass is 16.1. The van der Waals surface area contributed by atoms with Crippen LogP contribution in [0.2, 0.25) is 0 Å². The fourth-order valence-corrected chi connectivity index (χ4v) is 1.58. The number of nitrogens with one attached hydrogen (secondary N) is 1. The van der Waals surface area contributed by atoms with Gasteiger partial charge in [0, 0.05) is 18.3 Å². The van der Waals surface area contributed by atoms with E-state index in [4.69, 9.17) is 5.73 Å². The molecule has 3 N–H and O–H groups in total. The van der Waals surface area contributed by atoms with Crippen molar-refractivity contribution >= 4 is 5.91 Å². The Balaban J connectivity index is 1.95. The molecule has 0 unspecified atom stereocenters. The van der Waals surface area contributed by atoms with Crippen LogP contribution in [0.4, 0.5) is 0 Å². The summed E-state index contributed by atoms with van der Waals surface area (Å²) in [5.74, 6) is -0.133. The van der Waals surface area contributed by atoms with Gasteiger partial charge in [-0.1, -0.05) is 12.1 Å². The van der Waals surface area contributed by atoms with Gasteiger partial charge in [-0.15, -0.1) is 0 Å². The van der Waals surface area contributed by atoms with E-state index >= 15 is 0 Å². The van der Waals surface area contributed by atoms with Gasteiger partial charge >= 0.3 is 0 Å². The second-order valence-electron chi connectivity index (χ2n) is 4.23. The van der Waals surface area contributed by atoms with Crippen molar-refractivity contribution in [2.24, 2.45) is 5.73 Å². The molecule has 0 saturated heterocycles. The minimum atomic E-state index is -0.133. The first-order chi connectivity index (χ1) is 9.19. The lowest BCUT2D eigenvalue weighted by molar-refractivity contribution is 0.0950. The van der Waals surface area contributed by atoms with Gasteiger partial charge in [-0.2, -0.15) is 0 Å².